The van der Waals surface area contributed by atoms with Crippen LogP contribution in [0.25, 0.3) is 0 Å². The number of carbonyl (C=O) groups is 1. The number of nitrogens with zero attached hydrogens (tertiary/aromatic N) is 1. The summed E-state index contributed by atoms with van der Waals surface area (Å²) in [5.41, 5.74) is 7.67. The quantitative estimate of drug-likeness (QED) is 0.845. The van der Waals surface area contributed by atoms with Crippen LogP contribution in [0.2, 0.25) is 0 Å². The summed E-state index contributed by atoms with van der Waals surface area (Å²) in [4.78, 5) is 17.0. The molecule has 1 amide bonds. The minimum absolute atomic E-state index is 0.0723. The first-order valence-corrected chi connectivity index (χ1v) is 7.81. The van der Waals surface area contributed by atoms with Crippen molar-refractivity contribution in [2.75, 3.05) is 11.1 Å². The molecule has 4 nitrogen and oxygen atoms in total. The summed E-state index contributed by atoms with van der Waals surface area (Å²) in [5.74, 6) is 0.286. The Kier molecular flexibility index (Phi) is 4.32. The summed E-state index contributed by atoms with van der Waals surface area (Å²) in [6, 6.07) is 7.39. The van der Waals surface area contributed by atoms with Gasteiger partial charge in [-0.3, -0.25) is 4.79 Å². The lowest BCUT2D eigenvalue weighted by atomic mass is 9.83. The van der Waals surface area contributed by atoms with Gasteiger partial charge in [0.2, 0.25) is 5.91 Å². The van der Waals surface area contributed by atoms with E-state index in [1.807, 2.05) is 43.5 Å². The molecular weight excluding hydrogens is 282 g/mol. The number of aromatic nitrogens is 1. The van der Waals surface area contributed by atoms with Crippen molar-refractivity contribution in [3.8, 4) is 0 Å². The standard InChI is InChI=1S/C16H21N3OS/c1-10(2)13-9-21-15(18-13)19-14(20)16(3,4)11-5-7-12(17)8-6-11/h5-10H,17H2,1-4H3,(H,18,19,20). The number of benzene rings is 1. The molecule has 0 aliphatic rings. The zero-order chi connectivity index (χ0) is 15.6. The molecule has 0 atom stereocenters. The van der Waals surface area contributed by atoms with Gasteiger partial charge in [0.15, 0.2) is 5.13 Å². The number of amides is 1. The lowest BCUT2D eigenvalue weighted by Crippen LogP contribution is -2.34. The first-order valence-electron chi connectivity index (χ1n) is 6.93. The lowest BCUT2D eigenvalue weighted by molar-refractivity contribution is -0.120. The maximum atomic E-state index is 12.5. The Morgan fingerprint density at radius 3 is 2.43 bits per heavy atom. The van der Waals surface area contributed by atoms with E-state index in [9.17, 15) is 4.79 Å². The molecule has 0 saturated carbocycles. The summed E-state index contributed by atoms with van der Waals surface area (Å²) in [6.07, 6.45) is 0. The Morgan fingerprint density at radius 2 is 1.90 bits per heavy atom. The first kappa shape index (κ1) is 15.5. The molecule has 0 radical (unpaired) electrons. The number of hydrogen-bond acceptors (Lipinski definition) is 4. The van der Waals surface area contributed by atoms with Crippen LogP contribution in [-0.2, 0) is 10.2 Å². The van der Waals surface area contributed by atoms with Crippen LogP contribution in [0.4, 0.5) is 10.8 Å². The van der Waals surface area contributed by atoms with Crippen molar-refractivity contribution in [1.82, 2.24) is 4.98 Å². The molecule has 0 aliphatic heterocycles. The van der Waals surface area contributed by atoms with Crippen molar-refractivity contribution >= 4 is 28.1 Å². The zero-order valence-electron chi connectivity index (χ0n) is 12.8. The predicted octanol–water partition coefficient (Wildman–Crippen LogP) is 3.77. The van der Waals surface area contributed by atoms with E-state index in [0.29, 0.717) is 16.7 Å². The maximum absolute atomic E-state index is 12.5. The van der Waals surface area contributed by atoms with Gasteiger partial charge >= 0.3 is 0 Å². The van der Waals surface area contributed by atoms with E-state index in [1.54, 1.807) is 0 Å². The second kappa shape index (κ2) is 5.85. The molecule has 1 aromatic heterocycles. The monoisotopic (exact) mass is 303 g/mol. The second-order valence-electron chi connectivity index (χ2n) is 5.93. The van der Waals surface area contributed by atoms with Crippen molar-refractivity contribution in [1.29, 1.82) is 0 Å². The van der Waals surface area contributed by atoms with Crippen LogP contribution in [0, 0.1) is 0 Å². The topological polar surface area (TPSA) is 68.0 Å². The summed E-state index contributed by atoms with van der Waals surface area (Å²) < 4.78 is 0. The van der Waals surface area contributed by atoms with Crippen LogP contribution in [0.15, 0.2) is 29.6 Å². The summed E-state index contributed by atoms with van der Waals surface area (Å²) in [6.45, 7) is 7.95. The number of hydrogen-bond donors (Lipinski definition) is 2. The molecule has 3 N–H and O–H groups in total. The zero-order valence-corrected chi connectivity index (χ0v) is 13.6. The highest BCUT2D eigenvalue weighted by atomic mass is 32.1. The van der Waals surface area contributed by atoms with Crippen molar-refractivity contribution in [3.63, 3.8) is 0 Å². The largest absolute Gasteiger partial charge is 0.399 e. The minimum Gasteiger partial charge on any atom is -0.399 e. The minimum atomic E-state index is -0.642. The van der Waals surface area contributed by atoms with Gasteiger partial charge in [-0.2, -0.15) is 0 Å². The van der Waals surface area contributed by atoms with Gasteiger partial charge in [0.05, 0.1) is 11.1 Å². The van der Waals surface area contributed by atoms with E-state index >= 15 is 0 Å². The van der Waals surface area contributed by atoms with E-state index < -0.39 is 5.41 Å². The Morgan fingerprint density at radius 1 is 1.29 bits per heavy atom. The highest BCUT2D eigenvalue weighted by Crippen LogP contribution is 2.27. The van der Waals surface area contributed by atoms with Crippen molar-refractivity contribution < 1.29 is 4.79 Å². The number of nitrogens with two attached hydrogens (primary N) is 1. The van der Waals surface area contributed by atoms with Gasteiger partial charge in [0.1, 0.15) is 0 Å². The number of rotatable bonds is 4. The SMILES string of the molecule is CC(C)c1csc(NC(=O)C(C)(C)c2ccc(N)cc2)n1. The molecule has 112 valence electrons. The molecule has 0 fully saturated rings. The van der Waals surface area contributed by atoms with Gasteiger partial charge < -0.3 is 11.1 Å². The summed E-state index contributed by atoms with van der Waals surface area (Å²) in [7, 11) is 0. The Balaban J connectivity index is 2.15. The van der Waals surface area contributed by atoms with Crippen molar-refractivity contribution in [3.05, 3.63) is 40.9 Å². The molecule has 0 spiro atoms. The average Bonchev–Trinajstić information content (AvgIpc) is 2.88. The van der Waals surface area contributed by atoms with Crippen LogP contribution < -0.4 is 11.1 Å². The number of thiazole rings is 1. The van der Waals surface area contributed by atoms with Crippen molar-refractivity contribution in [2.24, 2.45) is 0 Å². The fraction of sp³-hybridized carbons (Fsp3) is 0.375. The third kappa shape index (κ3) is 3.42. The second-order valence-corrected chi connectivity index (χ2v) is 6.79. The normalized spacial score (nSPS) is 11.7. The molecule has 0 bridgehead atoms. The van der Waals surface area contributed by atoms with Crippen LogP contribution in [0.1, 0.15) is 44.9 Å². The Labute approximate surface area is 129 Å². The molecule has 2 aromatic rings. The van der Waals surface area contributed by atoms with Crippen molar-refractivity contribution in [2.45, 2.75) is 39.0 Å². The molecule has 21 heavy (non-hydrogen) atoms. The molecule has 1 heterocycles. The van der Waals surface area contributed by atoms with E-state index in [-0.39, 0.29) is 5.91 Å². The Bertz CT molecular complexity index is 629. The highest BCUT2D eigenvalue weighted by molar-refractivity contribution is 7.13. The molecule has 1 aromatic carbocycles. The Hall–Kier alpha value is -1.88. The van der Waals surface area contributed by atoms with Crippen LogP contribution in [-0.4, -0.2) is 10.9 Å². The van der Waals surface area contributed by atoms with Gasteiger partial charge in [-0.25, -0.2) is 4.98 Å². The van der Waals surface area contributed by atoms with Gasteiger partial charge in [-0.15, -0.1) is 11.3 Å². The van der Waals surface area contributed by atoms with E-state index in [1.165, 1.54) is 11.3 Å². The molecule has 2 rings (SSSR count). The fourth-order valence-electron chi connectivity index (χ4n) is 1.89. The number of nitrogens with one attached hydrogen (secondary N) is 1. The van der Waals surface area contributed by atoms with Crippen LogP contribution >= 0.6 is 11.3 Å². The summed E-state index contributed by atoms with van der Waals surface area (Å²) >= 11 is 1.46. The molecule has 0 saturated heterocycles. The van der Waals surface area contributed by atoms with Crippen LogP contribution in [0.3, 0.4) is 0 Å². The predicted molar refractivity (Wildman–Crippen MR) is 88.7 cm³/mol. The smallest absolute Gasteiger partial charge is 0.236 e. The van der Waals surface area contributed by atoms with Gasteiger partial charge in [-0.1, -0.05) is 26.0 Å². The first-order chi connectivity index (χ1) is 9.80. The highest BCUT2D eigenvalue weighted by Gasteiger charge is 2.30. The third-order valence-corrected chi connectivity index (χ3v) is 4.31. The maximum Gasteiger partial charge on any atom is 0.236 e. The fourth-order valence-corrected chi connectivity index (χ4v) is 2.76. The third-order valence-electron chi connectivity index (χ3n) is 3.53. The molecule has 0 unspecified atom stereocenters. The van der Waals surface area contributed by atoms with Gasteiger partial charge in [0, 0.05) is 11.1 Å². The number of nitrogen functional groups attached to an aromatic ring is 1. The van der Waals surface area contributed by atoms with E-state index in [0.717, 1.165) is 11.3 Å². The molecule has 0 aliphatic carbocycles. The van der Waals surface area contributed by atoms with Crippen LogP contribution in [0.5, 0.6) is 0 Å². The lowest BCUT2D eigenvalue weighted by Gasteiger charge is -2.23. The van der Waals surface area contributed by atoms with E-state index in [4.69, 9.17) is 5.73 Å². The number of carbonyl (C=O) groups excluding carboxylic acids is 1. The van der Waals surface area contributed by atoms with Gasteiger partial charge in [0.25, 0.3) is 0 Å². The summed E-state index contributed by atoms with van der Waals surface area (Å²) in [5, 5.41) is 5.54. The van der Waals surface area contributed by atoms with E-state index in [2.05, 4.69) is 24.1 Å². The average molecular weight is 303 g/mol. The van der Waals surface area contributed by atoms with Gasteiger partial charge in [-0.05, 0) is 37.5 Å². The molecular formula is C16H21N3OS. The molecule has 5 heteroatoms. The number of anilines is 2.